The van der Waals surface area contributed by atoms with Gasteiger partial charge in [-0.05, 0) is 12.8 Å². The number of likely N-dealkylation sites (tertiary alicyclic amines) is 1. The van der Waals surface area contributed by atoms with Crippen molar-refractivity contribution in [2.75, 3.05) is 27.2 Å². The molecule has 1 saturated heterocycles. The number of quaternary nitrogens is 1. The molecule has 1 heterocycles. The number of carbonyl (C=O) groups excluding carboxylic acids is 1. The van der Waals surface area contributed by atoms with Gasteiger partial charge in [-0.2, -0.15) is 0 Å². The molecular weight excluding hydrogens is 214 g/mol. The Morgan fingerprint density at radius 3 is 2.53 bits per heavy atom. The topological polar surface area (TPSA) is 37.3 Å². The Morgan fingerprint density at radius 1 is 1.29 bits per heavy atom. The highest BCUT2D eigenvalue weighted by Crippen LogP contribution is 2.27. The molecule has 3 nitrogen and oxygen atoms in total. The van der Waals surface area contributed by atoms with Crippen molar-refractivity contribution >= 4 is 5.78 Å². The van der Waals surface area contributed by atoms with Crippen LogP contribution in [0.4, 0.5) is 0 Å². The number of hydrogen-bond acceptors (Lipinski definition) is 2. The first kappa shape index (κ1) is 12.3. The van der Waals surface area contributed by atoms with Crippen LogP contribution in [0, 0.1) is 0 Å². The standard InChI is InChI=1S/C14H20NO2/c1-15(2)10-6-9-14(17,11-15)13(16)12-7-4-3-5-8-12/h3-5,7-8,17H,6,9-11H2,1-2H3/q+1/t14-/m1/s1. The van der Waals surface area contributed by atoms with Crippen LogP contribution in [0.3, 0.4) is 0 Å². The Kier molecular flexibility index (Phi) is 3.06. The molecule has 1 atom stereocenters. The van der Waals surface area contributed by atoms with Gasteiger partial charge in [0.1, 0.15) is 6.54 Å². The first-order valence-electron chi connectivity index (χ1n) is 6.07. The molecule has 1 aliphatic heterocycles. The zero-order chi connectivity index (χ0) is 12.5. The number of rotatable bonds is 2. The number of carbonyl (C=O) groups is 1. The Balaban J connectivity index is 2.24. The lowest BCUT2D eigenvalue weighted by molar-refractivity contribution is -0.900. The summed E-state index contributed by atoms with van der Waals surface area (Å²) in [6, 6.07) is 9.09. The number of likely N-dealkylation sites (N-methyl/N-ethyl adjacent to an activating group) is 1. The van der Waals surface area contributed by atoms with Crippen molar-refractivity contribution in [2.45, 2.75) is 18.4 Å². The lowest BCUT2D eigenvalue weighted by Gasteiger charge is -2.42. The Bertz CT molecular complexity index is 413. The first-order chi connectivity index (χ1) is 7.93. The van der Waals surface area contributed by atoms with Gasteiger partial charge in [0.15, 0.2) is 11.4 Å². The van der Waals surface area contributed by atoms with Crippen LogP contribution in [0.2, 0.25) is 0 Å². The van der Waals surface area contributed by atoms with Gasteiger partial charge in [0.25, 0.3) is 0 Å². The second-order valence-electron chi connectivity index (χ2n) is 5.65. The Labute approximate surface area is 102 Å². The van der Waals surface area contributed by atoms with Crippen molar-refractivity contribution in [3.63, 3.8) is 0 Å². The summed E-state index contributed by atoms with van der Waals surface area (Å²) in [4.78, 5) is 12.3. The third kappa shape index (κ3) is 2.56. The maximum atomic E-state index is 12.3. The SMILES string of the molecule is C[N+]1(C)CCC[C@](O)(C(=O)c2ccccc2)C1. The fraction of sp³-hybridized carbons (Fsp3) is 0.500. The van der Waals surface area contributed by atoms with Gasteiger partial charge < -0.3 is 9.59 Å². The van der Waals surface area contributed by atoms with E-state index in [1.165, 1.54) is 0 Å². The summed E-state index contributed by atoms with van der Waals surface area (Å²) in [5.41, 5.74) is -0.583. The number of benzene rings is 1. The number of Topliss-reactive ketones (excluding diaryl/α,β-unsaturated/α-hetero) is 1. The molecule has 3 heteroatoms. The minimum Gasteiger partial charge on any atom is -0.376 e. The van der Waals surface area contributed by atoms with Gasteiger partial charge in [-0.15, -0.1) is 0 Å². The van der Waals surface area contributed by atoms with Gasteiger partial charge in [-0.25, -0.2) is 0 Å². The highest BCUT2D eigenvalue weighted by atomic mass is 16.3. The van der Waals surface area contributed by atoms with Gasteiger partial charge in [-0.1, -0.05) is 30.3 Å². The molecule has 17 heavy (non-hydrogen) atoms. The molecule has 1 aliphatic rings. The lowest BCUT2D eigenvalue weighted by atomic mass is 9.84. The van der Waals surface area contributed by atoms with E-state index in [-0.39, 0.29) is 5.78 Å². The van der Waals surface area contributed by atoms with Crippen LogP contribution in [-0.4, -0.2) is 48.2 Å². The largest absolute Gasteiger partial charge is 0.376 e. The summed E-state index contributed by atoms with van der Waals surface area (Å²) >= 11 is 0. The molecule has 1 aromatic carbocycles. The van der Waals surface area contributed by atoms with Crippen LogP contribution < -0.4 is 0 Å². The lowest BCUT2D eigenvalue weighted by Crippen LogP contribution is -2.59. The maximum absolute atomic E-state index is 12.3. The van der Waals surface area contributed by atoms with Gasteiger partial charge in [0, 0.05) is 5.56 Å². The van der Waals surface area contributed by atoms with Gasteiger partial charge in [-0.3, -0.25) is 4.79 Å². The maximum Gasteiger partial charge on any atom is 0.200 e. The molecule has 0 saturated carbocycles. The van der Waals surface area contributed by atoms with Crippen LogP contribution in [0.5, 0.6) is 0 Å². The summed E-state index contributed by atoms with van der Waals surface area (Å²) in [6.45, 7) is 1.52. The van der Waals surface area contributed by atoms with Gasteiger partial charge in [0.05, 0.1) is 20.6 Å². The molecule has 0 unspecified atom stereocenters. The number of nitrogens with zero attached hydrogens (tertiary/aromatic N) is 1. The van der Waals surface area contributed by atoms with Crippen molar-refractivity contribution in [2.24, 2.45) is 0 Å². The highest BCUT2D eigenvalue weighted by Gasteiger charge is 2.45. The second kappa shape index (κ2) is 4.24. The minimum atomic E-state index is -1.19. The van der Waals surface area contributed by atoms with Gasteiger partial charge >= 0.3 is 0 Å². The number of piperidine rings is 1. The molecule has 1 N–H and O–H groups in total. The van der Waals surface area contributed by atoms with Crippen molar-refractivity contribution in [1.29, 1.82) is 0 Å². The zero-order valence-corrected chi connectivity index (χ0v) is 10.5. The third-order valence-corrected chi connectivity index (χ3v) is 3.50. The fourth-order valence-corrected chi connectivity index (χ4v) is 2.71. The summed E-state index contributed by atoms with van der Waals surface area (Å²) < 4.78 is 0.703. The molecule has 0 aliphatic carbocycles. The van der Waals surface area contributed by atoms with E-state index in [1.54, 1.807) is 12.1 Å². The highest BCUT2D eigenvalue weighted by molar-refractivity contribution is 6.02. The molecule has 1 aromatic rings. The quantitative estimate of drug-likeness (QED) is 0.621. The summed E-state index contributed by atoms with van der Waals surface area (Å²) in [5.74, 6) is -0.135. The van der Waals surface area contributed by atoms with E-state index >= 15 is 0 Å². The molecule has 0 radical (unpaired) electrons. The smallest absolute Gasteiger partial charge is 0.200 e. The average molecular weight is 234 g/mol. The van der Waals surface area contributed by atoms with Crippen LogP contribution >= 0.6 is 0 Å². The molecular formula is C14H20NO2+. The number of hydrogen-bond donors (Lipinski definition) is 1. The second-order valence-corrected chi connectivity index (χ2v) is 5.65. The minimum absolute atomic E-state index is 0.135. The van der Waals surface area contributed by atoms with Crippen molar-refractivity contribution < 1.29 is 14.4 Å². The molecule has 0 spiro atoms. The molecule has 0 bridgehead atoms. The van der Waals surface area contributed by atoms with Gasteiger partial charge in [0.2, 0.25) is 0 Å². The molecule has 92 valence electrons. The van der Waals surface area contributed by atoms with Crippen molar-refractivity contribution in [3.8, 4) is 0 Å². The van der Waals surface area contributed by atoms with Crippen LogP contribution in [0.25, 0.3) is 0 Å². The van der Waals surface area contributed by atoms with Crippen LogP contribution in [0.15, 0.2) is 30.3 Å². The predicted octanol–water partition coefficient (Wildman–Crippen LogP) is 1.47. The zero-order valence-electron chi connectivity index (χ0n) is 10.5. The Hall–Kier alpha value is -1.19. The predicted molar refractivity (Wildman–Crippen MR) is 66.8 cm³/mol. The number of aliphatic hydroxyl groups is 1. The molecule has 0 aromatic heterocycles. The van der Waals surface area contributed by atoms with E-state index in [1.807, 2.05) is 18.2 Å². The Morgan fingerprint density at radius 2 is 1.94 bits per heavy atom. The fourth-order valence-electron chi connectivity index (χ4n) is 2.71. The van der Waals surface area contributed by atoms with E-state index < -0.39 is 5.60 Å². The van der Waals surface area contributed by atoms with E-state index in [4.69, 9.17) is 0 Å². The van der Waals surface area contributed by atoms with Crippen molar-refractivity contribution in [3.05, 3.63) is 35.9 Å². The molecule has 2 rings (SSSR count). The monoisotopic (exact) mass is 234 g/mol. The normalized spacial score (nSPS) is 27.7. The van der Waals surface area contributed by atoms with E-state index in [0.29, 0.717) is 23.0 Å². The van der Waals surface area contributed by atoms with Crippen molar-refractivity contribution in [1.82, 2.24) is 0 Å². The van der Waals surface area contributed by atoms with E-state index in [9.17, 15) is 9.90 Å². The van der Waals surface area contributed by atoms with Crippen LogP contribution in [0.1, 0.15) is 23.2 Å². The average Bonchev–Trinajstić information content (AvgIpc) is 2.27. The molecule has 1 fully saturated rings. The first-order valence-corrected chi connectivity index (χ1v) is 6.07. The summed E-state index contributed by atoms with van der Waals surface area (Å²) in [7, 11) is 4.12. The number of ketones is 1. The summed E-state index contributed by atoms with van der Waals surface area (Å²) in [5, 5.41) is 10.6. The van der Waals surface area contributed by atoms with E-state index in [2.05, 4.69) is 14.1 Å². The van der Waals surface area contributed by atoms with E-state index in [0.717, 1.165) is 13.0 Å². The molecule has 0 amide bonds. The third-order valence-electron chi connectivity index (χ3n) is 3.50. The summed E-state index contributed by atoms with van der Waals surface area (Å²) in [6.07, 6.45) is 1.46. The van der Waals surface area contributed by atoms with Crippen LogP contribution in [-0.2, 0) is 0 Å².